The van der Waals surface area contributed by atoms with Crippen molar-refractivity contribution in [2.24, 2.45) is 0 Å². The third kappa shape index (κ3) is 4.37. The van der Waals surface area contributed by atoms with Gasteiger partial charge in [0, 0.05) is 25.2 Å². The zero-order valence-electron chi connectivity index (χ0n) is 12.1. The van der Waals surface area contributed by atoms with E-state index in [2.05, 4.69) is 4.90 Å². The number of nitro groups is 1. The lowest BCUT2D eigenvalue weighted by Gasteiger charge is -2.26. The first kappa shape index (κ1) is 15.7. The highest BCUT2D eigenvalue weighted by atomic mass is 16.6. The van der Waals surface area contributed by atoms with Gasteiger partial charge in [-0.2, -0.15) is 0 Å². The number of hydrogen-bond donors (Lipinski definition) is 1. The van der Waals surface area contributed by atoms with Crippen LogP contribution >= 0.6 is 0 Å². The highest BCUT2D eigenvalue weighted by Crippen LogP contribution is 2.23. The summed E-state index contributed by atoms with van der Waals surface area (Å²) in [6.07, 6.45) is 8.62. The fourth-order valence-electron chi connectivity index (χ4n) is 2.93. The van der Waals surface area contributed by atoms with Crippen molar-refractivity contribution >= 4 is 11.8 Å². The summed E-state index contributed by atoms with van der Waals surface area (Å²) < 4.78 is 0. The van der Waals surface area contributed by atoms with Crippen molar-refractivity contribution in [3.63, 3.8) is 0 Å². The minimum absolute atomic E-state index is 0.128. The summed E-state index contributed by atoms with van der Waals surface area (Å²) in [6.45, 7) is 1.53. The molecule has 0 unspecified atom stereocenters. The van der Waals surface area contributed by atoms with E-state index in [0.717, 1.165) is 6.54 Å². The second-order valence-electron chi connectivity index (χ2n) is 5.38. The van der Waals surface area contributed by atoms with E-state index >= 15 is 0 Å². The first-order valence-corrected chi connectivity index (χ1v) is 7.47. The number of hydrogen-bond acceptors (Lipinski definition) is 4. The molecule has 1 saturated carbocycles. The lowest BCUT2D eigenvalue weighted by Crippen LogP contribution is -2.35. The quantitative estimate of drug-likeness (QED) is 0.619. The van der Waals surface area contributed by atoms with Crippen LogP contribution in [0.15, 0.2) is 30.3 Å². The molecule has 0 atom stereocenters. The molecule has 0 amide bonds. The molecule has 2 rings (SSSR count). The normalized spacial score (nSPS) is 16.1. The van der Waals surface area contributed by atoms with Gasteiger partial charge in [0.05, 0.1) is 17.1 Å². The second kappa shape index (κ2) is 7.90. The van der Waals surface area contributed by atoms with Crippen LogP contribution in [0, 0.1) is 10.1 Å². The standard InChI is InChI=1S/C16H22N2O3/c19-13-12-17(15-8-2-3-9-15)11-5-7-14-6-1-4-10-16(14)18(20)21/h1,4-7,10,15,19H,2-3,8-9,11-13H2. The first-order valence-electron chi connectivity index (χ1n) is 7.47. The smallest absolute Gasteiger partial charge is 0.276 e. The van der Waals surface area contributed by atoms with Crippen LogP contribution in [0.25, 0.3) is 6.08 Å². The summed E-state index contributed by atoms with van der Waals surface area (Å²) in [6, 6.07) is 7.27. The Morgan fingerprint density at radius 2 is 2.05 bits per heavy atom. The lowest BCUT2D eigenvalue weighted by atomic mass is 10.1. The van der Waals surface area contributed by atoms with E-state index < -0.39 is 0 Å². The third-order valence-electron chi connectivity index (χ3n) is 4.00. The number of rotatable bonds is 7. The Labute approximate surface area is 125 Å². The number of para-hydroxylation sites is 1. The molecule has 114 valence electrons. The highest BCUT2D eigenvalue weighted by molar-refractivity contribution is 5.60. The van der Waals surface area contributed by atoms with Gasteiger partial charge in [0.1, 0.15) is 0 Å². The topological polar surface area (TPSA) is 66.6 Å². The van der Waals surface area contributed by atoms with E-state index in [9.17, 15) is 15.2 Å². The Bertz CT molecular complexity index is 496. The monoisotopic (exact) mass is 290 g/mol. The third-order valence-corrected chi connectivity index (χ3v) is 4.00. The van der Waals surface area contributed by atoms with Gasteiger partial charge in [-0.3, -0.25) is 15.0 Å². The van der Waals surface area contributed by atoms with E-state index in [1.807, 2.05) is 6.08 Å². The Morgan fingerprint density at radius 1 is 1.33 bits per heavy atom. The zero-order valence-corrected chi connectivity index (χ0v) is 12.1. The molecule has 0 bridgehead atoms. The maximum absolute atomic E-state index is 11.0. The minimum atomic E-state index is -0.359. The molecule has 0 aromatic heterocycles. The van der Waals surface area contributed by atoms with Gasteiger partial charge in [0.2, 0.25) is 0 Å². The van der Waals surface area contributed by atoms with Gasteiger partial charge in [-0.1, -0.05) is 37.1 Å². The molecule has 5 heteroatoms. The van der Waals surface area contributed by atoms with Crippen LogP contribution in [0.5, 0.6) is 0 Å². The molecular formula is C16H22N2O3. The van der Waals surface area contributed by atoms with Crippen LogP contribution in [0.1, 0.15) is 31.2 Å². The van der Waals surface area contributed by atoms with Crippen molar-refractivity contribution in [1.82, 2.24) is 4.90 Å². The summed E-state index contributed by atoms with van der Waals surface area (Å²) in [5.74, 6) is 0. The molecule has 1 aromatic carbocycles. The van der Waals surface area contributed by atoms with Gasteiger partial charge in [-0.15, -0.1) is 0 Å². The lowest BCUT2D eigenvalue weighted by molar-refractivity contribution is -0.385. The van der Waals surface area contributed by atoms with Gasteiger partial charge in [-0.05, 0) is 18.9 Å². The van der Waals surface area contributed by atoms with Gasteiger partial charge in [-0.25, -0.2) is 0 Å². The van der Waals surface area contributed by atoms with E-state index in [-0.39, 0.29) is 17.2 Å². The van der Waals surface area contributed by atoms with Gasteiger partial charge in [0.15, 0.2) is 0 Å². The fraction of sp³-hybridized carbons (Fsp3) is 0.500. The zero-order chi connectivity index (χ0) is 15.1. The van der Waals surface area contributed by atoms with E-state index in [0.29, 0.717) is 18.2 Å². The summed E-state index contributed by atoms with van der Waals surface area (Å²) in [4.78, 5) is 12.9. The van der Waals surface area contributed by atoms with Crippen LogP contribution in [-0.4, -0.2) is 40.7 Å². The first-order chi connectivity index (χ1) is 10.2. The van der Waals surface area contributed by atoms with Crippen LogP contribution in [0.4, 0.5) is 5.69 Å². The Balaban J connectivity index is 2.01. The Kier molecular flexibility index (Phi) is 5.90. The molecule has 1 aliphatic rings. The maximum Gasteiger partial charge on any atom is 0.276 e. The number of nitrogens with zero attached hydrogens (tertiary/aromatic N) is 2. The average molecular weight is 290 g/mol. The van der Waals surface area contributed by atoms with Crippen molar-refractivity contribution in [3.8, 4) is 0 Å². The van der Waals surface area contributed by atoms with Crippen molar-refractivity contribution in [3.05, 3.63) is 46.0 Å². The molecule has 0 saturated heterocycles. The highest BCUT2D eigenvalue weighted by Gasteiger charge is 2.21. The van der Waals surface area contributed by atoms with Crippen molar-refractivity contribution < 1.29 is 10.0 Å². The van der Waals surface area contributed by atoms with Crippen molar-refractivity contribution in [1.29, 1.82) is 0 Å². The predicted octanol–water partition coefficient (Wildman–Crippen LogP) is 2.84. The Morgan fingerprint density at radius 3 is 2.71 bits per heavy atom. The number of nitro benzene ring substituents is 1. The summed E-state index contributed by atoms with van der Waals surface area (Å²) in [5.41, 5.74) is 0.751. The second-order valence-corrected chi connectivity index (χ2v) is 5.38. The minimum Gasteiger partial charge on any atom is -0.395 e. The molecule has 21 heavy (non-hydrogen) atoms. The number of benzene rings is 1. The SMILES string of the molecule is O=[N+]([O-])c1ccccc1C=CCN(CCO)C1CCCC1. The van der Waals surface area contributed by atoms with Gasteiger partial charge < -0.3 is 5.11 Å². The van der Waals surface area contributed by atoms with E-state index in [1.54, 1.807) is 24.3 Å². The number of aliphatic hydroxyl groups is 1. The molecule has 0 aliphatic heterocycles. The van der Waals surface area contributed by atoms with Crippen molar-refractivity contribution in [2.75, 3.05) is 19.7 Å². The Hall–Kier alpha value is -1.72. The van der Waals surface area contributed by atoms with Crippen LogP contribution in [0.3, 0.4) is 0 Å². The molecule has 0 heterocycles. The van der Waals surface area contributed by atoms with Crippen LogP contribution in [0.2, 0.25) is 0 Å². The molecule has 1 aromatic rings. The van der Waals surface area contributed by atoms with Crippen LogP contribution < -0.4 is 0 Å². The molecular weight excluding hydrogens is 268 g/mol. The largest absolute Gasteiger partial charge is 0.395 e. The number of aliphatic hydroxyl groups excluding tert-OH is 1. The molecule has 0 spiro atoms. The van der Waals surface area contributed by atoms with E-state index in [4.69, 9.17) is 0 Å². The molecule has 1 N–H and O–H groups in total. The summed E-state index contributed by atoms with van der Waals surface area (Å²) in [7, 11) is 0. The van der Waals surface area contributed by atoms with Gasteiger partial charge in [0.25, 0.3) is 5.69 Å². The summed E-state index contributed by atoms with van der Waals surface area (Å²) >= 11 is 0. The molecule has 1 aliphatic carbocycles. The maximum atomic E-state index is 11.0. The fourth-order valence-corrected chi connectivity index (χ4v) is 2.93. The van der Waals surface area contributed by atoms with E-state index in [1.165, 1.54) is 31.7 Å². The average Bonchev–Trinajstić information content (AvgIpc) is 3.01. The molecule has 5 nitrogen and oxygen atoms in total. The molecule has 0 radical (unpaired) electrons. The van der Waals surface area contributed by atoms with Crippen molar-refractivity contribution in [2.45, 2.75) is 31.7 Å². The van der Waals surface area contributed by atoms with Crippen LogP contribution in [-0.2, 0) is 0 Å². The predicted molar refractivity (Wildman–Crippen MR) is 83.0 cm³/mol. The van der Waals surface area contributed by atoms with Gasteiger partial charge >= 0.3 is 0 Å². The summed E-state index contributed by atoms with van der Waals surface area (Å²) in [5, 5.41) is 20.1. The molecule has 1 fully saturated rings.